The molecule has 0 saturated carbocycles. The Morgan fingerprint density at radius 2 is 2.11 bits per heavy atom. The monoisotopic (exact) mass is 278 g/mol. The fraction of sp³-hybridized carbons (Fsp3) is 0.533. The maximum atomic E-state index is 12.2. The number of aryl methyl sites for hydroxylation is 1. The average molecular weight is 278 g/mol. The topological polar surface area (TPSA) is 41.1 Å². The van der Waals surface area contributed by atoms with Gasteiger partial charge in [0.1, 0.15) is 0 Å². The second kappa shape index (κ2) is 6.85. The van der Waals surface area contributed by atoms with Crippen LogP contribution in [-0.4, -0.2) is 30.0 Å². The molecule has 2 N–H and O–H groups in total. The van der Waals surface area contributed by atoms with Crippen molar-refractivity contribution >= 4 is 23.4 Å². The van der Waals surface area contributed by atoms with Crippen LogP contribution in [0.15, 0.2) is 18.2 Å². The van der Waals surface area contributed by atoms with Crippen molar-refractivity contribution in [2.75, 3.05) is 23.4 Å². The number of rotatable bonds is 4. The Morgan fingerprint density at radius 1 is 1.37 bits per heavy atom. The zero-order chi connectivity index (χ0) is 13.7. The summed E-state index contributed by atoms with van der Waals surface area (Å²) in [5, 5.41) is 6.43. The minimum Gasteiger partial charge on any atom is -0.385 e. The molecule has 4 heteroatoms. The fourth-order valence-electron chi connectivity index (χ4n) is 2.30. The molecule has 2 rings (SSSR count). The normalized spacial score (nSPS) is 16.1. The molecule has 0 bridgehead atoms. The summed E-state index contributed by atoms with van der Waals surface area (Å²) in [4.78, 5) is 12.2. The van der Waals surface area contributed by atoms with E-state index in [-0.39, 0.29) is 5.91 Å². The SMILES string of the molecule is CCNc1ccc(C(=O)NC2CCSCC2)cc1C. The molecule has 1 aliphatic rings. The Kier molecular flexibility index (Phi) is 5.14. The number of hydrogen-bond donors (Lipinski definition) is 2. The van der Waals surface area contributed by atoms with Gasteiger partial charge in [-0.1, -0.05) is 0 Å². The molecule has 0 aromatic heterocycles. The van der Waals surface area contributed by atoms with Gasteiger partial charge in [-0.3, -0.25) is 4.79 Å². The Balaban J connectivity index is 2.00. The van der Waals surface area contributed by atoms with Crippen molar-refractivity contribution in [3.8, 4) is 0 Å². The molecule has 0 atom stereocenters. The molecular weight excluding hydrogens is 256 g/mol. The van der Waals surface area contributed by atoms with E-state index < -0.39 is 0 Å². The standard InChI is InChI=1S/C15H22N2OS/c1-3-16-14-5-4-12(10-11(14)2)15(18)17-13-6-8-19-9-7-13/h4-5,10,13,16H,3,6-9H2,1-2H3,(H,17,18). The van der Waals surface area contributed by atoms with E-state index in [1.807, 2.05) is 36.9 Å². The summed E-state index contributed by atoms with van der Waals surface area (Å²) in [7, 11) is 0. The molecule has 3 nitrogen and oxygen atoms in total. The molecule has 1 aliphatic heterocycles. The molecule has 1 amide bonds. The summed E-state index contributed by atoms with van der Waals surface area (Å²) in [5.74, 6) is 2.37. The number of hydrogen-bond acceptors (Lipinski definition) is 3. The van der Waals surface area contributed by atoms with Gasteiger partial charge < -0.3 is 10.6 Å². The highest BCUT2D eigenvalue weighted by Gasteiger charge is 2.17. The van der Waals surface area contributed by atoms with Crippen LogP contribution in [0, 0.1) is 6.92 Å². The smallest absolute Gasteiger partial charge is 0.251 e. The molecular formula is C15H22N2OS. The minimum absolute atomic E-state index is 0.0584. The van der Waals surface area contributed by atoms with Gasteiger partial charge in [0.25, 0.3) is 5.91 Å². The van der Waals surface area contributed by atoms with Crippen LogP contribution >= 0.6 is 11.8 Å². The van der Waals surface area contributed by atoms with Gasteiger partial charge in [0, 0.05) is 23.8 Å². The lowest BCUT2D eigenvalue weighted by Gasteiger charge is -2.22. The molecule has 104 valence electrons. The Bertz CT molecular complexity index is 442. The predicted molar refractivity (Wildman–Crippen MR) is 83.2 cm³/mol. The van der Waals surface area contributed by atoms with Crippen LogP contribution in [0.5, 0.6) is 0 Å². The Hall–Kier alpha value is -1.16. The minimum atomic E-state index is 0.0584. The van der Waals surface area contributed by atoms with Crippen LogP contribution in [0.3, 0.4) is 0 Å². The van der Waals surface area contributed by atoms with Crippen LogP contribution < -0.4 is 10.6 Å². The molecule has 0 spiro atoms. The van der Waals surface area contributed by atoms with Crippen LogP contribution in [0.25, 0.3) is 0 Å². The van der Waals surface area contributed by atoms with Gasteiger partial charge in [-0.25, -0.2) is 0 Å². The summed E-state index contributed by atoms with van der Waals surface area (Å²) in [5.41, 5.74) is 2.99. The van der Waals surface area contributed by atoms with Crippen LogP contribution in [0.1, 0.15) is 35.7 Å². The Morgan fingerprint density at radius 3 is 2.74 bits per heavy atom. The third kappa shape index (κ3) is 3.90. The van der Waals surface area contributed by atoms with Gasteiger partial charge in [0.05, 0.1) is 0 Å². The molecule has 1 fully saturated rings. The van der Waals surface area contributed by atoms with Crippen molar-refractivity contribution in [1.29, 1.82) is 0 Å². The molecule has 0 radical (unpaired) electrons. The lowest BCUT2D eigenvalue weighted by atomic mass is 10.1. The maximum absolute atomic E-state index is 12.2. The lowest BCUT2D eigenvalue weighted by molar-refractivity contribution is 0.0935. The highest BCUT2D eigenvalue weighted by atomic mass is 32.2. The second-order valence-corrected chi connectivity index (χ2v) is 6.14. The van der Waals surface area contributed by atoms with Gasteiger partial charge in [0.2, 0.25) is 0 Å². The van der Waals surface area contributed by atoms with E-state index in [0.717, 1.165) is 47.7 Å². The van der Waals surface area contributed by atoms with Crippen LogP contribution in [-0.2, 0) is 0 Å². The third-order valence-corrected chi connectivity index (χ3v) is 4.46. The first-order valence-electron chi connectivity index (χ1n) is 6.94. The van der Waals surface area contributed by atoms with Crippen molar-refractivity contribution in [3.63, 3.8) is 0 Å². The first kappa shape index (κ1) is 14.3. The zero-order valence-corrected chi connectivity index (χ0v) is 12.5. The largest absolute Gasteiger partial charge is 0.385 e. The number of carbonyl (C=O) groups excluding carboxylic acids is 1. The summed E-state index contributed by atoms with van der Waals surface area (Å²) in [6, 6.07) is 6.20. The van der Waals surface area contributed by atoms with Crippen molar-refractivity contribution in [2.45, 2.75) is 32.7 Å². The Labute approximate surface area is 119 Å². The first-order valence-corrected chi connectivity index (χ1v) is 8.09. The van der Waals surface area contributed by atoms with Gasteiger partial charge in [0.15, 0.2) is 0 Å². The number of carbonyl (C=O) groups is 1. The average Bonchev–Trinajstić information content (AvgIpc) is 2.42. The van der Waals surface area contributed by atoms with Gasteiger partial charge >= 0.3 is 0 Å². The zero-order valence-electron chi connectivity index (χ0n) is 11.7. The first-order chi connectivity index (χ1) is 9.20. The van der Waals surface area contributed by atoms with Gasteiger partial charge in [-0.2, -0.15) is 11.8 Å². The molecule has 19 heavy (non-hydrogen) atoms. The van der Waals surface area contributed by atoms with Crippen LogP contribution in [0.4, 0.5) is 5.69 Å². The van der Waals surface area contributed by atoms with E-state index in [1.54, 1.807) is 0 Å². The predicted octanol–water partition coefficient (Wildman–Crippen LogP) is 3.05. The molecule has 1 saturated heterocycles. The summed E-state index contributed by atoms with van der Waals surface area (Å²) >= 11 is 1.97. The van der Waals surface area contributed by atoms with E-state index in [0.29, 0.717) is 6.04 Å². The lowest BCUT2D eigenvalue weighted by Crippen LogP contribution is -2.37. The number of thioether (sulfide) groups is 1. The summed E-state index contributed by atoms with van der Waals surface area (Å²) in [6.07, 6.45) is 2.18. The van der Waals surface area contributed by atoms with Crippen molar-refractivity contribution in [1.82, 2.24) is 5.32 Å². The number of benzene rings is 1. The van der Waals surface area contributed by atoms with Crippen molar-refractivity contribution in [3.05, 3.63) is 29.3 Å². The van der Waals surface area contributed by atoms with E-state index in [4.69, 9.17) is 0 Å². The molecule has 1 heterocycles. The quantitative estimate of drug-likeness (QED) is 0.889. The van der Waals surface area contributed by atoms with E-state index >= 15 is 0 Å². The number of nitrogens with one attached hydrogen (secondary N) is 2. The number of anilines is 1. The third-order valence-electron chi connectivity index (χ3n) is 3.41. The van der Waals surface area contributed by atoms with E-state index in [2.05, 4.69) is 17.6 Å². The fourth-order valence-corrected chi connectivity index (χ4v) is 3.41. The summed E-state index contributed by atoms with van der Waals surface area (Å²) < 4.78 is 0. The molecule has 1 aromatic rings. The molecule has 0 aliphatic carbocycles. The van der Waals surface area contributed by atoms with Crippen LogP contribution in [0.2, 0.25) is 0 Å². The van der Waals surface area contributed by atoms with E-state index in [9.17, 15) is 4.79 Å². The molecule has 0 unspecified atom stereocenters. The molecule has 1 aromatic carbocycles. The highest BCUT2D eigenvalue weighted by molar-refractivity contribution is 7.99. The second-order valence-electron chi connectivity index (χ2n) is 4.92. The number of amides is 1. The maximum Gasteiger partial charge on any atom is 0.251 e. The van der Waals surface area contributed by atoms with Crippen molar-refractivity contribution < 1.29 is 4.79 Å². The van der Waals surface area contributed by atoms with Gasteiger partial charge in [-0.05, 0) is 62.0 Å². The summed E-state index contributed by atoms with van der Waals surface area (Å²) in [6.45, 7) is 5.00. The van der Waals surface area contributed by atoms with E-state index in [1.165, 1.54) is 0 Å². The highest BCUT2D eigenvalue weighted by Crippen LogP contribution is 2.19. The van der Waals surface area contributed by atoms with Gasteiger partial charge in [-0.15, -0.1) is 0 Å². The van der Waals surface area contributed by atoms with Crippen molar-refractivity contribution in [2.24, 2.45) is 0 Å².